The molecule has 3 aromatic rings. The number of anilines is 1. The summed E-state index contributed by atoms with van der Waals surface area (Å²) in [5, 5.41) is 0.278. The Balaban J connectivity index is 1.80. The zero-order valence-corrected chi connectivity index (χ0v) is 17.2. The Morgan fingerprint density at radius 3 is 2.63 bits per heavy atom. The highest BCUT2D eigenvalue weighted by molar-refractivity contribution is 6.32. The maximum Gasteiger partial charge on any atom is 0.225 e. The van der Waals surface area contributed by atoms with Gasteiger partial charge in [0, 0.05) is 37.4 Å². The Bertz CT molecular complexity index is 1090. The number of aromatic nitrogens is 4. The van der Waals surface area contributed by atoms with Crippen molar-refractivity contribution in [3.8, 4) is 17.1 Å². The molecule has 0 N–H and O–H groups in total. The number of benzene rings is 1. The molecule has 1 fully saturated rings. The van der Waals surface area contributed by atoms with E-state index in [2.05, 4.69) is 26.6 Å². The minimum Gasteiger partial charge on any atom is -0.378 e. The quantitative estimate of drug-likeness (QED) is 0.578. The molecule has 0 spiro atoms. The first-order chi connectivity index (χ1) is 14.6. The minimum absolute atomic E-state index is 0.278. The van der Waals surface area contributed by atoms with E-state index in [1.807, 2.05) is 11.5 Å². The van der Waals surface area contributed by atoms with Gasteiger partial charge in [0.15, 0.2) is 0 Å². The highest BCUT2D eigenvalue weighted by Gasteiger charge is 2.20. The number of aliphatic imine (C=N–C) groups is 1. The third-order valence-electron chi connectivity index (χ3n) is 4.82. The van der Waals surface area contributed by atoms with Crippen molar-refractivity contribution in [3.05, 3.63) is 59.0 Å². The van der Waals surface area contributed by atoms with E-state index in [-0.39, 0.29) is 5.02 Å². The molecule has 0 saturated carbocycles. The van der Waals surface area contributed by atoms with Crippen molar-refractivity contribution in [2.45, 2.75) is 6.92 Å². The van der Waals surface area contributed by atoms with Gasteiger partial charge < -0.3 is 9.64 Å². The van der Waals surface area contributed by atoms with Crippen LogP contribution in [-0.2, 0) is 4.74 Å². The molecule has 7 nitrogen and oxygen atoms in total. The summed E-state index contributed by atoms with van der Waals surface area (Å²) in [5.41, 5.74) is 2.83. The Labute approximate surface area is 178 Å². The predicted octanol–water partition coefficient (Wildman–Crippen LogP) is 3.94. The van der Waals surface area contributed by atoms with E-state index in [9.17, 15) is 4.39 Å². The number of morpholine rings is 1. The van der Waals surface area contributed by atoms with E-state index in [1.165, 1.54) is 12.1 Å². The highest BCUT2D eigenvalue weighted by Crippen LogP contribution is 2.31. The molecule has 0 radical (unpaired) electrons. The summed E-state index contributed by atoms with van der Waals surface area (Å²) in [7, 11) is 0. The molecule has 1 saturated heterocycles. The van der Waals surface area contributed by atoms with Crippen LogP contribution in [0.2, 0.25) is 5.02 Å². The maximum atomic E-state index is 13.6. The first kappa shape index (κ1) is 20.2. The summed E-state index contributed by atoms with van der Waals surface area (Å²) in [6.07, 6.45) is 6.77. The van der Waals surface area contributed by atoms with Gasteiger partial charge >= 0.3 is 0 Å². The average Bonchev–Trinajstić information content (AvgIpc) is 3.09. The molecule has 0 aliphatic carbocycles. The van der Waals surface area contributed by atoms with Crippen molar-refractivity contribution in [2.24, 2.45) is 4.99 Å². The fourth-order valence-corrected chi connectivity index (χ4v) is 3.57. The van der Waals surface area contributed by atoms with E-state index < -0.39 is 5.82 Å². The smallest absolute Gasteiger partial charge is 0.225 e. The summed E-state index contributed by atoms with van der Waals surface area (Å²) in [4.78, 5) is 19.6. The van der Waals surface area contributed by atoms with Gasteiger partial charge in [0.1, 0.15) is 11.6 Å². The number of halogens is 2. The van der Waals surface area contributed by atoms with Gasteiger partial charge in [-0.25, -0.2) is 19.3 Å². The third-order valence-corrected chi connectivity index (χ3v) is 5.13. The van der Waals surface area contributed by atoms with E-state index >= 15 is 0 Å². The van der Waals surface area contributed by atoms with Gasteiger partial charge in [-0.05, 0) is 37.9 Å². The first-order valence-electron chi connectivity index (χ1n) is 9.40. The van der Waals surface area contributed by atoms with E-state index in [4.69, 9.17) is 21.3 Å². The molecule has 154 valence electrons. The lowest BCUT2D eigenvalue weighted by atomic mass is 10.2. The maximum absolute atomic E-state index is 13.6. The molecule has 4 rings (SSSR count). The van der Waals surface area contributed by atoms with E-state index in [1.54, 1.807) is 30.7 Å². The Morgan fingerprint density at radius 1 is 1.23 bits per heavy atom. The summed E-state index contributed by atoms with van der Waals surface area (Å²) < 4.78 is 20.8. The molecular formula is C21H20ClFN6O. The molecule has 2 aromatic heterocycles. The molecule has 1 aliphatic heterocycles. The van der Waals surface area contributed by atoms with Gasteiger partial charge in [-0.15, -0.1) is 0 Å². The van der Waals surface area contributed by atoms with Crippen LogP contribution in [-0.4, -0.2) is 52.5 Å². The van der Waals surface area contributed by atoms with E-state index in [0.717, 1.165) is 18.8 Å². The molecule has 0 atom stereocenters. The van der Waals surface area contributed by atoms with Crippen molar-refractivity contribution < 1.29 is 9.13 Å². The highest BCUT2D eigenvalue weighted by atomic mass is 35.5. The second-order valence-electron chi connectivity index (χ2n) is 6.71. The van der Waals surface area contributed by atoms with Gasteiger partial charge in [-0.2, -0.15) is 0 Å². The van der Waals surface area contributed by atoms with Crippen molar-refractivity contribution in [1.29, 1.82) is 0 Å². The lowest BCUT2D eigenvalue weighted by Gasteiger charge is -2.26. The predicted molar refractivity (Wildman–Crippen MR) is 116 cm³/mol. The number of nitrogens with zero attached hydrogens (tertiary/aromatic N) is 6. The van der Waals surface area contributed by atoms with Crippen LogP contribution < -0.4 is 4.90 Å². The van der Waals surface area contributed by atoms with Gasteiger partial charge in [0.2, 0.25) is 5.95 Å². The van der Waals surface area contributed by atoms with Crippen LogP contribution in [0.5, 0.6) is 0 Å². The largest absolute Gasteiger partial charge is 0.378 e. The number of imidazole rings is 1. The summed E-state index contributed by atoms with van der Waals surface area (Å²) in [6, 6.07) is 4.26. The normalized spacial score (nSPS) is 14.4. The summed E-state index contributed by atoms with van der Waals surface area (Å²) in [6.45, 7) is 8.18. The number of rotatable bonds is 5. The van der Waals surface area contributed by atoms with Crippen LogP contribution in [0.3, 0.4) is 0 Å². The topological polar surface area (TPSA) is 68.4 Å². The Kier molecular flexibility index (Phi) is 5.87. The zero-order chi connectivity index (χ0) is 21.1. The third kappa shape index (κ3) is 3.96. The number of hydrogen-bond acceptors (Lipinski definition) is 6. The molecule has 3 heterocycles. The van der Waals surface area contributed by atoms with Crippen molar-refractivity contribution >= 4 is 30.3 Å². The molecular weight excluding hydrogens is 407 g/mol. The first-order valence-corrected chi connectivity index (χ1v) is 9.78. The Morgan fingerprint density at radius 2 is 1.97 bits per heavy atom. The van der Waals surface area contributed by atoms with Gasteiger partial charge in [0.25, 0.3) is 0 Å². The van der Waals surface area contributed by atoms with Crippen LogP contribution in [0.25, 0.3) is 23.2 Å². The van der Waals surface area contributed by atoms with Crippen LogP contribution in [0, 0.1) is 12.7 Å². The number of hydrogen-bond donors (Lipinski definition) is 0. The summed E-state index contributed by atoms with van der Waals surface area (Å²) >= 11 is 6.35. The van der Waals surface area contributed by atoms with E-state index in [0.29, 0.717) is 41.9 Å². The fourth-order valence-electron chi connectivity index (χ4n) is 3.31. The molecule has 0 bridgehead atoms. The molecule has 30 heavy (non-hydrogen) atoms. The second-order valence-corrected chi connectivity index (χ2v) is 7.11. The standard InChI is InChI=1S/C21H20ClFN6O/c1-14-18(5-6-24-2)27-20(29(14)19-4-3-16(23)11-17(19)22)15-12-25-21(26-13-15)28-7-9-30-10-8-28/h3-6,11-13H,2,7-10H2,1H3/b6-5-. The number of ether oxygens (including phenoxy) is 1. The molecule has 0 amide bonds. The van der Waals surface area contributed by atoms with Gasteiger partial charge in [-0.3, -0.25) is 9.56 Å². The van der Waals surface area contributed by atoms with Crippen molar-refractivity contribution in [1.82, 2.24) is 19.5 Å². The Hall–Kier alpha value is -3.10. The fraction of sp³-hybridized carbons (Fsp3) is 0.238. The van der Waals surface area contributed by atoms with Crippen LogP contribution in [0.15, 0.2) is 41.8 Å². The average molecular weight is 427 g/mol. The zero-order valence-electron chi connectivity index (χ0n) is 16.4. The van der Waals surface area contributed by atoms with Crippen molar-refractivity contribution in [3.63, 3.8) is 0 Å². The SMILES string of the molecule is C=N/C=C\c1nc(-c2cnc(N3CCOCC3)nc2)n(-c2ccc(F)cc2Cl)c1C. The van der Waals surface area contributed by atoms with Gasteiger partial charge in [-0.1, -0.05) is 11.6 Å². The monoisotopic (exact) mass is 426 g/mol. The molecule has 1 aromatic carbocycles. The lowest BCUT2D eigenvalue weighted by Crippen LogP contribution is -2.37. The molecule has 0 unspecified atom stereocenters. The van der Waals surface area contributed by atoms with Crippen molar-refractivity contribution in [2.75, 3.05) is 31.2 Å². The molecule has 1 aliphatic rings. The molecule has 9 heteroatoms. The van der Waals surface area contributed by atoms with Crippen LogP contribution in [0.1, 0.15) is 11.4 Å². The lowest BCUT2D eigenvalue weighted by molar-refractivity contribution is 0.122. The second kappa shape index (κ2) is 8.73. The van der Waals surface area contributed by atoms with Gasteiger partial charge in [0.05, 0.1) is 35.2 Å². The summed E-state index contributed by atoms with van der Waals surface area (Å²) in [5.74, 6) is 0.836. The van der Waals surface area contributed by atoms with Crippen LogP contribution >= 0.6 is 11.6 Å². The van der Waals surface area contributed by atoms with Crippen LogP contribution in [0.4, 0.5) is 10.3 Å². The minimum atomic E-state index is -0.405.